The number of nitrogen functional groups attached to an aromatic ring is 2. The largest absolute Gasteiger partial charge is 0.457 e. The van der Waals surface area contributed by atoms with Crippen LogP contribution in [0.4, 0.5) is 11.4 Å². The number of benzene rings is 3. The average molecular weight is 433 g/mol. The van der Waals surface area contributed by atoms with Gasteiger partial charge in [0.1, 0.15) is 11.5 Å². The Kier molecular flexibility index (Phi) is 5.36. The second-order valence-corrected chi connectivity index (χ2v) is 14.7. The van der Waals surface area contributed by atoms with Crippen LogP contribution in [0.5, 0.6) is 11.5 Å². The van der Waals surface area contributed by atoms with Gasteiger partial charge in [-0.15, -0.1) is 0 Å². The molecule has 0 amide bonds. The lowest BCUT2D eigenvalue weighted by atomic mass is 9.80. The molecule has 3 aromatic carbocycles. The van der Waals surface area contributed by atoms with Gasteiger partial charge in [-0.1, -0.05) is 57.2 Å². The van der Waals surface area contributed by atoms with Gasteiger partial charge in [-0.2, -0.15) is 0 Å². The molecular formula is C26H32N2O2Si. The zero-order valence-electron chi connectivity index (χ0n) is 19.0. The molecule has 0 bridgehead atoms. The van der Waals surface area contributed by atoms with Gasteiger partial charge in [0.05, 0.1) is 6.61 Å². The third kappa shape index (κ3) is 4.08. The Morgan fingerprint density at radius 1 is 0.839 bits per heavy atom. The molecule has 0 fully saturated rings. The highest BCUT2D eigenvalue weighted by Crippen LogP contribution is 2.49. The molecule has 0 aliphatic carbocycles. The van der Waals surface area contributed by atoms with Gasteiger partial charge in [-0.3, -0.25) is 0 Å². The fourth-order valence-corrected chi connectivity index (χ4v) is 4.75. The molecule has 0 saturated heterocycles. The maximum Gasteiger partial charge on any atom is 0.192 e. The predicted octanol–water partition coefficient (Wildman–Crippen LogP) is 6.66. The Balaban J connectivity index is 1.80. The van der Waals surface area contributed by atoms with Crippen molar-refractivity contribution in [1.82, 2.24) is 0 Å². The lowest BCUT2D eigenvalue weighted by Gasteiger charge is -2.37. The van der Waals surface area contributed by atoms with E-state index in [4.69, 9.17) is 20.6 Å². The van der Waals surface area contributed by atoms with Gasteiger partial charge in [0.15, 0.2) is 8.32 Å². The number of rotatable bonds is 4. The molecular weight excluding hydrogens is 400 g/mol. The number of hydrogen-bond donors (Lipinski definition) is 2. The number of nitrogens with two attached hydrogens (primary N) is 2. The van der Waals surface area contributed by atoms with E-state index in [0.717, 1.165) is 22.6 Å². The zero-order chi connectivity index (χ0) is 22.4. The van der Waals surface area contributed by atoms with Crippen LogP contribution in [0.3, 0.4) is 0 Å². The molecule has 162 valence electrons. The lowest BCUT2D eigenvalue weighted by Crippen LogP contribution is -2.40. The minimum absolute atomic E-state index is 0.0270. The Hall–Kier alpha value is -2.76. The maximum atomic E-state index is 6.59. The Labute approximate surface area is 186 Å². The van der Waals surface area contributed by atoms with E-state index in [0.29, 0.717) is 18.0 Å². The summed E-state index contributed by atoms with van der Waals surface area (Å²) < 4.78 is 12.8. The molecule has 5 heteroatoms. The molecule has 0 unspecified atom stereocenters. The number of ether oxygens (including phenoxy) is 1. The first-order valence-electron chi connectivity index (χ1n) is 10.8. The Bertz CT molecular complexity index is 1070. The van der Waals surface area contributed by atoms with Crippen molar-refractivity contribution in [2.24, 2.45) is 0 Å². The first-order chi connectivity index (χ1) is 14.6. The normalized spacial score (nSPS) is 14.0. The highest BCUT2D eigenvalue weighted by molar-refractivity contribution is 6.74. The van der Waals surface area contributed by atoms with Crippen molar-refractivity contribution in [3.8, 4) is 11.5 Å². The monoisotopic (exact) mass is 432 g/mol. The molecule has 4 rings (SSSR count). The topological polar surface area (TPSA) is 70.5 Å². The van der Waals surface area contributed by atoms with Crippen molar-refractivity contribution in [1.29, 1.82) is 0 Å². The zero-order valence-corrected chi connectivity index (χ0v) is 20.0. The van der Waals surface area contributed by atoms with Crippen LogP contribution in [-0.2, 0) is 11.0 Å². The van der Waals surface area contributed by atoms with Crippen molar-refractivity contribution in [3.05, 3.63) is 82.9 Å². The van der Waals surface area contributed by atoms with Crippen molar-refractivity contribution < 1.29 is 9.16 Å². The van der Waals surface area contributed by atoms with E-state index < -0.39 is 8.32 Å². The fourth-order valence-electron chi connectivity index (χ4n) is 3.80. The van der Waals surface area contributed by atoms with Crippen LogP contribution in [0.2, 0.25) is 18.1 Å². The van der Waals surface area contributed by atoms with Gasteiger partial charge in [0, 0.05) is 40.6 Å². The van der Waals surface area contributed by atoms with Gasteiger partial charge < -0.3 is 20.6 Å². The van der Waals surface area contributed by atoms with Gasteiger partial charge in [-0.25, -0.2) is 0 Å². The smallest absolute Gasteiger partial charge is 0.192 e. The maximum absolute atomic E-state index is 6.59. The predicted molar refractivity (Wildman–Crippen MR) is 131 cm³/mol. The number of hydrogen-bond acceptors (Lipinski definition) is 4. The van der Waals surface area contributed by atoms with Crippen molar-refractivity contribution >= 4 is 19.7 Å². The van der Waals surface area contributed by atoms with Crippen LogP contribution < -0.4 is 16.2 Å². The highest BCUT2D eigenvalue weighted by atomic mass is 28.4. The first kappa shape index (κ1) is 21.5. The molecule has 4 nitrogen and oxygen atoms in total. The highest BCUT2D eigenvalue weighted by Gasteiger charge is 2.37. The molecule has 4 N–H and O–H groups in total. The van der Waals surface area contributed by atoms with Crippen LogP contribution in [0, 0.1) is 0 Å². The van der Waals surface area contributed by atoms with E-state index >= 15 is 0 Å². The van der Waals surface area contributed by atoms with Gasteiger partial charge in [0.2, 0.25) is 0 Å². The summed E-state index contributed by atoms with van der Waals surface area (Å²) >= 11 is 0. The third-order valence-electron chi connectivity index (χ3n) is 6.68. The third-order valence-corrected chi connectivity index (χ3v) is 11.2. The van der Waals surface area contributed by atoms with Crippen molar-refractivity contribution in [3.63, 3.8) is 0 Å². The van der Waals surface area contributed by atoms with E-state index in [2.05, 4.69) is 70.3 Å². The molecule has 0 atom stereocenters. The number of fused-ring (bicyclic) bond motifs is 2. The van der Waals surface area contributed by atoms with Crippen LogP contribution in [0.15, 0.2) is 60.7 Å². The lowest BCUT2D eigenvalue weighted by molar-refractivity contribution is 0.275. The van der Waals surface area contributed by atoms with Crippen LogP contribution in [-0.4, -0.2) is 8.32 Å². The van der Waals surface area contributed by atoms with Crippen molar-refractivity contribution in [2.75, 3.05) is 11.5 Å². The van der Waals surface area contributed by atoms with Crippen LogP contribution in [0.1, 0.15) is 48.9 Å². The standard InChI is InChI=1S/C26H32N2O2Si/c1-26(2,3)31(4,5)29-16-17-8-6-7-9-20(17)25-21-12-10-18(27)14-23(21)30-24-15-19(28)11-13-22(24)25/h6-15,25H,16,27-28H2,1-5H3. The summed E-state index contributed by atoms with van der Waals surface area (Å²) in [5, 5.41) is 0.162. The molecule has 0 spiro atoms. The summed E-state index contributed by atoms with van der Waals surface area (Å²) in [6.45, 7) is 12.0. The van der Waals surface area contributed by atoms with E-state index in [1.165, 1.54) is 11.1 Å². The van der Waals surface area contributed by atoms with E-state index in [1.807, 2.05) is 24.3 Å². The van der Waals surface area contributed by atoms with Crippen LogP contribution in [0.25, 0.3) is 0 Å². The first-order valence-corrected chi connectivity index (χ1v) is 13.7. The molecule has 0 aromatic heterocycles. The Morgan fingerprint density at radius 3 is 1.94 bits per heavy atom. The van der Waals surface area contributed by atoms with Crippen molar-refractivity contribution in [2.45, 2.75) is 51.4 Å². The van der Waals surface area contributed by atoms with Crippen LogP contribution >= 0.6 is 0 Å². The van der Waals surface area contributed by atoms with Gasteiger partial charge >= 0.3 is 0 Å². The van der Waals surface area contributed by atoms with E-state index in [9.17, 15) is 0 Å². The van der Waals surface area contributed by atoms with E-state index in [1.54, 1.807) is 0 Å². The summed E-state index contributed by atoms with van der Waals surface area (Å²) in [5.41, 5.74) is 18.1. The molecule has 1 aliphatic rings. The second kappa shape index (κ2) is 7.73. The second-order valence-electron chi connectivity index (χ2n) is 9.88. The molecule has 1 aliphatic heterocycles. The Morgan fingerprint density at radius 2 is 1.39 bits per heavy atom. The molecule has 1 heterocycles. The summed E-state index contributed by atoms with van der Waals surface area (Å²) in [6.07, 6.45) is 0. The quantitative estimate of drug-likeness (QED) is 0.279. The molecule has 31 heavy (non-hydrogen) atoms. The van der Waals surface area contributed by atoms with Gasteiger partial charge in [0.25, 0.3) is 0 Å². The van der Waals surface area contributed by atoms with E-state index in [-0.39, 0.29) is 11.0 Å². The SMILES string of the molecule is CC(C)(C)[Si](C)(C)OCc1ccccc1C1c2ccc(N)cc2Oc2cc(N)ccc21. The summed E-state index contributed by atoms with van der Waals surface area (Å²) in [6, 6.07) is 20.3. The van der Waals surface area contributed by atoms with Gasteiger partial charge in [-0.05, 0) is 41.4 Å². The minimum Gasteiger partial charge on any atom is -0.457 e. The molecule has 3 aromatic rings. The molecule has 0 radical (unpaired) electrons. The fraction of sp³-hybridized carbons (Fsp3) is 0.308. The summed E-state index contributed by atoms with van der Waals surface area (Å²) in [7, 11) is -1.88. The molecule has 0 saturated carbocycles. The number of anilines is 2. The average Bonchev–Trinajstić information content (AvgIpc) is 2.70. The summed E-state index contributed by atoms with van der Waals surface area (Å²) in [4.78, 5) is 0. The minimum atomic E-state index is -1.88. The summed E-state index contributed by atoms with van der Waals surface area (Å²) in [5.74, 6) is 1.59.